The zero-order valence-corrected chi connectivity index (χ0v) is 15.5. The van der Waals surface area contributed by atoms with Gasteiger partial charge in [-0.15, -0.1) is 0 Å². The molecule has 4 rings (SSSR count). The van der Waals surface area contributed by atoms with Gasteiger partial charge in [-0.2, -0.15) is 0 Å². The van der Waals surface area contributed by atoms with Crippen LogP contribution in [0.5, 0.6) is 0 Å². The number of hydrogen-bond donors (Lipinski definition) is 2. The van der Waals surface area contributed by atoms with Gasteiger partial charge in [0.05, 0.1) is 11.0 Å². The summed E-state index contributed by atoms with van der Waals surface area (Å²) in [6.07, 6.45) is 6.71. The second-order valence-electron chi connectivity index (χ2n) is 7.79. The average molecular weight is 356 g/mol. The molecule has 0 spiro atoms. The molecule has 1 atom stereocenters. The molecule has 1 aromatic carbocycles. The molecule has 2 aromatic rings. The van der Waals surface area contributed by atoms with Crippen molar-refractivity contribution in [1.29, 1.82) is 0 Å². The minimum atomic E-state index is -0.0523. The molecule has 1 amide bonds. The summed E-state index contributed by atoms with van der Waals surface area (Å²) in [6, 6.07) is 5.97. The van der Waals surface area contributed by atoms with Crippen LogP contribution in [-0.4, -0.2) is 47.0 Å². The first-order valence-corrected chi connectivity index (χ1v) is 9.85. The Hall–Kier alpha value is -2.08. The molecular formula is C20H28N4O2. The summed E-state index contributed by atoms with van der Waals surface area (Å²) in [5, 5.41) is 3.22. The Kier molecular flexibility index (Phi) is 4.85. The molecule has 6 nitrogen and oxygen atoms in total. The standard InChI is InChI=1S/C20H28N4O2/c1-21-12-14-5-4-10-23(13-14)19(25)15-8-9-18-17(11-15)22-20(26)24(18)16-6-2-3-7-16/h8-9,11,14,16,21H,2-7,10,12-13H2,1H3,(H,22,26). The number of likely N-dealkylation sites (tertiary alicyclic amines) is 1. The third-order valence-electron chi connectivity index (χ3n) is 5.95. The number of imidazole rings is 1. The van der Waals surface area contributed by atoms with Gasteiger partial charge in [-0.05, 0) is 63.4 Å². The molecule has 140 valence electrons. The maximum absolute atomic E-state index is 12.9. The summed E-state index contributed by atoms with van der Waals surface area (Å²) in [4.78, 5) is 30.3. The zero-order chi connectivity index (χ0) is 18.1. The first kappa shape index (κ1) is 17.3. The molecule has 2 heterocycles. The number of rotatable bonds is 4. The first-order valence-electron chi connectivity index (χ1n) is 9.85. The Bertz CT molecular complexity index is 845. The Labute approximate surface area is 153 Å². The minimum Gasteiger partial charge on any atom is -0.338 e. The highest BCUT2D eigenvalue weighted by atomic mass is 16.2. The van der Waals surface area contributed by atoms with Crippen molar-refractivity contribution in [1.82, 2.24) is 19.8 Å². The van der Waals surface area contributed by atoms with Gasteiger partial charge in [0.1, 0.15) is 0 Å². The number of nitrogens with zero attached hydrogens (tertiary/aromatic N) is 2. The van der Waals surface area contributed by atoms with Crippen LogP contribution >= 0.6 is 0 Å². The van der Waals surface area contributed by atoms with Crippen molar-refractivity contribution in [3.63, 3.8) is 0 Å². The van der Waals surface area contributed by atoms with Gasteiger partial charge in [-0.3, -0.25) is 9.36 Å². The van der Waals surface area contributed by atoms with Crippen molar-refractivity contribution in [3.05, 3.63) is 34.2 Å². The maximum atomic E-state index is 12.9. The van der Waals surface area contributed by atoms with Crippen molar-refractivity contribution in [2.45, 2.75) is 44.6 Å². The van der Waals surface area contributed by atoms with Crippen LogP contribution in [-0.2, 0) is 0 Å². The van der Waals surface area contributed by atoms with E-state index in [1.807, 2.05) is 34.7 Å². The number of aromatic amines is 1. The highest BCUT2D eigenvalue weighted by Crippen LogP contribution is 2.31. The van der Waals surface area contributed by atoms with E-state index in [1.165, 1.54) is 19.3 Å². The molecule has 1 unspecified atom stereocenters. The predicted molar refractivity (Wildman–Crippen MR) is 103 cm³/mol. The van der Waals surface area contributed by atoms with Gasteiger partial charge in [0, 0.05) is 24.7 Å². The lowest BCUT2D eigenvalue weighted by atomic mass is 9.97. The molecule has 1 aliphatic heterocycles. The Morgan fingerprint density at radius 2 is 2.04 bits per heavy atom. The largest absolute Gasteiger partial charge is 0.338 e. The number of H-pyrrole nitrogens is 1. The number of benzene rings is 1. The number of aromatic nitrogens is 2. The molecule has 1 saturated heterocycles. The van der Waals surface area contributed by atoms with E-state index < -0.39 is 0 Å². The maximum Gasteiger partial charge on any atom is 0.326 e. The van der Waals surface area contributed by atoms with Gasteiger partial charge in [0.2, 0.25) is 0 Å². The SMILES string of the molecule is CNCC1CCCN(C(=O)c2ccc3c(c2)[nH]c(=O)n3C2CCCC2)C1. The van der Waals surface area contributed by atoms with E-state index in [1.54, 1.807) is 0 Å². The average Bonchev–Trinajstić information content (AvgIpc) is 3.27. The first-order chi connectivity index (χ1) is 12.7. The number of fused-ring (bicyclic) bond motifs is 1. The fourth-order valence-electron chi connectivity index (χ4n) is 4.68. The minimum absolute atomic E-state index is 0.0523. The van der Waals surface area contributed by atoms with E-state index in [9.17, 15) is 9.59 Å². The predicted octanol–water partition coefficient (Wildman–Crippen LogP) is 2.52. The summed E-state index contributed by atoms with van der Waals surface area (Å²) in [5.41, 5.74) is 2.31. The van der Waals surface area contributed by atoms with Crippen LogP contribution in [0.2, 0.25) is 0 Å². The normalized spacial score (nSPS) is 21.6. The summed E-state index contributed by atoms with van der Waals surface area (Å²) in [7, 11) is 1.96. The summed E-state index contributed by atoms with van der Waals surface area (Å²) in [6.45, 7) is 2.56. The van der Waals surface area contributed by atoms with Crippen LogP contribution in [0.25, 0.3) is 11.0 Å². The Morgan fingerprint density at radius 3 is 2.81 bits per heavy atom. The lowest BCUT2D eigenvalue weighted by molar-refractivity contribution is 0.0674. The van der Waals surface area contributed by atoms with Crippen molar-refractivity contribution in [2.24, 2.45) is 5.92 Å². The van der Waals surface area contributed by atoms with Crippen LogP contribution in [0.1, 0.15) is 54.9 Å². The third-order valence-corrected chi connectivity index (χ3v) is 5.95. The monoisotopic (exact) mass is 356 g/mol. The molecule has 2 aliphatic rings. The van der Waals surface area contributed by atoms with Crippen molar-refractivity contribution >= 4 is 16.9 Å². The van der Waals surface area contributed by atoms with Crippen LogP contribution < -0.4 is 11.0 Å². The number of amides is 1. The number of carbonyl (C=O) groups excluding carboxylic acids is 1. The molecule has 6 heteroatoms. The number of piperidine rings is 1. The molecule has 1 saturated carbocycles. The van der Waals surface area contributed by atoms with Gasteiger partial charge < -0.3 is 15.2 Å². The smallest absolute Gasteiger partial charge is 0.326 e. The van der Waals surface area contributed by atoms with Gasteiger partial charge in [0.15, 0.2) is 0 Å². The van der Waals surface area contributed by atoms with Crippen molar-refractivity contribution in [2.75, 3.05) is 26.7 Å². The van der Waals surface area contributed by atoms with E-state index in [-0.39, 0.29) is 11.6 Å². The fraction of sp³-hybridized carbons (Fsp3) is 0.600. The third kappa shape index (κ3) is 3.18. The van der Waals surface area contributed by atoms with E-state index >= 15 is 0 Å². The molecule has 1 aromatic heterocycles. The molecular weight excluding hydrogens is 328 g/mol. The van der Waals surface area contributed by atoms with Gasteiger partial charge in [-0.25, -0.2) is 4.79 Å². The second kappa shape index (κ2) is 7.27. The quantitative estimate of drug-likeness (QED) is 0.884. The Balaban J connectivity index is 1.59. The second-order valence-corrected chi connectivity index (χ2v) is 7.79. The van der Waals surface area contributed by atoms with Gasteiger partial charge >= 0.3 is 5.69 Å². The highest BCUT2D eigenvalue weighted by molar-refractivity contribution is 5.97. The molecule has 1 aliphatic carbocycles. The van der Waals surface area contributed by atoms with E-state index in [2.05, 4.69) is 10.3 Å². The molecule has 26 heavy (non-hydrogen) atoms. The number of hydrogen-bond acceptors (Lipinski definition) is 3. The van der Waals surface area contributed by atoms with Crippen molar-refractivity contribution < 1.29 is 4.79 Å². The van der Waals surface area contributed by atoms with Crippen LogP contribution in [0, 0.1) is 5.92 Å². The van der Waals surface area contributed by atoms with E-state index in [4.69, 9.17) is 0 Å². The van der Waals surface area contributed by atoms with Gasteiger partial charge in [-0.1, -0.05) is 12.8 Å². The molecule has 2 N–H and O–H groups in total. The van der Waals surface area contributed by atoms with E-state index in [0.717, 1.165) is 49.9 Å². The highest BCUT2D eigenvalue weighted by Gasteiger charge is 2.25. The van der Waals surface area contributed by atoms with Gasteiger partial charge in [0.25, 0.3) is 5.91 Å². The molecule has 0 bridgehead atoms. The molecule has 2 fully saturated rings. The summed E-state index contributed by atoms with van der Waals surface area (Å²) < 4.78 is 1.89. The van der Waals surface area contributed by atoms with Crippen molar-refractivity contribution in [3.8, 4) is 0 Å². The summed E-state index contributed by atoms with van der Waals surface area (Å²) in [5.74, 6) is 0.590. The molecule has 0 radical (unpaired) electrons. The van der Waals surface area contributed by atoms with Crippen LogP contribution in [0.4, 0.5) is 0 Å². The zero-order valence-electron chi connectivity index (χ0n) is 15.5. The number of nitrogens with one attached hydrogen (secondary N) is 2. The Morgan fingerprint density at radius 1 is 1.23 bits per heavy atom. The topological polar surface area (TPSA) is 70.1 Å². The van der Waals surface area contributed by atoms with E-state index in [0.29, 0.717) is 17.5 Å². The summed E-state index contributed by atoms with van der Waals surface area (Å²) >= 11 is 0. The fourth-order valence-corrected chi connectivity index (χ4v) is 4.68. The number of carbonyl (C=O) groups is 1. The lowest BCUT2D eigenvalue weighted by Gasteiger charge is -2.32. The lowest BCUT2D eigenvalue weighted by Crippen LogP contribution is -2.42. The van der Waals surface area contributed by atoms with Crippen LogP contribution in [0.15, 0.2) is 23.0 Å². The van der Waals surface area contributed by atoms with Crippen LogP contribution in [0.3, 0.4) is 0 Å².